The molecular formula is C21H24N2O6S. The van der Waals surface area contributed by atoms with Crippen molar-refractivity contribution in [1.82, 2.24) is 9.62 Å². The Balaban J connectivity index is 1.73. The van der Waals surface area contributed by atoms with E-state index in [1.165, 1.54) is 23.5 Å². The van der Waals surface area contributed by atoms with E-state index in [9.17, 15) is 18.0 Å². The van der Waals surface area contributed by atoms with Crippen LogP contribution in [0.15, 0.2) is 47.4 Å². The fourth-order valence-corrected chi connectivity index (χ4v) is 4.53. The topological polar surface area (TPSA) is 102 Å². The molecular weight excluding hydrogens is 408 g/mol. The smallest absolute Gasteiger partial charge is 0.337 e. The number of morpholine rings is 1. The molecule has 0 bridgehead atoms. The molecule has 1 amide bonds. The minimum absolute atomic E-state index is 0.0857. The lowest BCUT2D eigenvalue weighted by Crippen LogP contribution is -2.40. The SMILES string of the molecule is COC(=O)c1ccc(CNC(=O)c2cc(S(=O)(=O)N3CCOCC3)ccc2C)cc1. The van der Waals surface area contributed by atoms with Gasteiger partial charge in [-0.25, -0.2) is 13.2 Å². The molecule has 0 unspecified atom stereocenters. The summed E-state index contributed by atoms with van der Waals surface area (Å²) in [7, 11) is -2.38. The summed E-state index contributed by atoms with van der Waals surface area (Å²) < 4.78 is 37.0. The molecule has 1 saturated heterocycles. The van der Waals surface area contributed by atoms with Gasteiger partial charge in [-0.1, -0.05) is 18.2 Å². The maximum absolute atomic E-state index is 12.9. The van der Waals surface area contributed by atoms with Crippen LogP contribution in [0.25, 0.3) is 0 Å². The minimum atomic E-state index is -3.69. The summed E-state index contributed by atoms with van der Waals surface area (Å²) >= 11 is 0. The number of nitrogens with one attached hydrogen (secondary N) is 1. The predicted octanol–water partition coefficient (Wildman–Crippen LogP) is 1.73. The number of amides is 1. The molecule has 160 valence electrons. The first-order valence-corrected chi connectivity index (χ1v) is 10.9. The van der Waals surface area contributed by atoms with Crippen molar-refractivity contribution >= 4 is 21.9 Å². The van der Waals surface area contributed by atoms with Gasteiger partial charge in [-0.3, -0.25) is 4.79 Å². The number of esters is 1. The van der Waals surface area contributed by atoms with E-state index < -0.39 is 16.0 Å². The van der Waals surface area contributed by atoms with E-state index in [-0.39, 0.29) is 17.3 Å². The molecule has 1 aliphatic heterocycles. The molecule has 9 heteroatoms. The number of carbonyl (C=O) groups is 2. The van der Waals surface area contributed by atoms with Crippen molar-refractivity contribution in [1.29, 1.82) is 0 Å². The third-order valence-electron chi connectivity index (χ3n) is 4.89. The Hall–Kier alpha value is -2.75. The van der Waals surface area contributed by atoms with Gasteiger partial charge in [0.15, 0.2) is 0 Å². The van der Waals surface area contributed by atoms with Crippen LogP contribution in [0.1, 0.15) is 31.8 Å². The lowest BCUT2D eigenvalue weighted by molar-refractivity contribution is 0.0600. The standard InChI is InChI=1S/C21H24N2O6S/c1-15-3-8-18(30(26,27)23-9-11-29-12-10-23)13-19(15)20(24)22-14-16-4-6-17(7-5-16)21(25)28-2/h3-8,13H,9-12,14H2,1-2H3,(H,22,24). The van der Waals surface area contributed by atoms with Crippen LogP contribution in [-0.2, 0) is 26.0 Å². The van der Waals surface area contributed by atoms with Gasteiger partial charge in [-0.05, 0) is 42.3 Å². The van der Waals surface area contributed by atoms with E-state index in [1.54, 1.807) is 37.3 Å². The Kier molecular flexibility index (Phi) is 6.86. The lowest BCUT2D eigenvalue weighted by atomic mass is 10.1. The Morgan fingerprint density at radius 3 is 2.40 bits per heavy atom. The van der Waals surface area contributed by atoms with Gasteiger partial charge in [-0.2, -0.15) is 4.31 Å². The molecule has 3 rings (SSSR count). The first-order chi connectivity index (χ1) is 14.3. The Morgan fingerprint density at radius 2 is 1.77 bits per heavy atom. The molecule has 0 aromatic heterocycles. The Morgan fingerprint density at radius 1 is 1.10 bits per heavy atom. The van der Waals surface area contributed by atoms with Crippen molar-refractivity contribution in [2.24, 2.45) is 0 Å². The minimum Gasteiger partial charge on any atom is -0.465 e. The molecule has 0 radical (unpaired) electrons. The number of methoxy groups -OCH3 is 1. The molecule has 0 atom stereocenters. The molecule has 0 aliphatic carbocycles. The molecule has 1 heterocycles. The van der Waals surface area contributed by atoms with Crippen LogP contribution in [0.2, 0.25) is 0 Å². The first-order valence-electron chi connectivity index (χ1n) is 9.47. The largest absolute Gasteiger partial charge is 0.465 e. The maximum atomic E-state index is 12.9. The van der Waals surface area contributed by atoms with E-state index in [0.717, 1.165) is 5.56 Å². The van der Waals surface area contributed by atoms with Crippen molar-refractivity contribution in [3.8, 4) is 0 Å². The molecule has 1 N–H and O–H groups in total. The van der Waals surface area contributed by atoms with Crippen molar-refractivity contribution in [2.45, 2.75) is 18.4 Å². The van der Waals surface area contributed by atoms with Gasteiger partial charge < -0.3 is 14.8 Å². The molecule has 2 aromatic carbocycles. The van der Waals surface area contributed by atoms with Crippen LogP contribution in [0.3, 0.4) is 0 Å². The molecule has 1 fully saturated rings. The summed E-state index contributed by atoms with van der Waals surface area (Å²) in [6, 6.07) is 11.2. The monoisotopic (exact) mass is 432 g/mol. The highest BCUT2D eigenvalue weighted by Gasteiger charge is 2.27. The van der Waals surface area contributed by atoms with Crippen LogP contribution < -0.4 is 5.32 Å². The average molecular weight is 432 g/mol. The predicted molar refractivity (Wildman–Crippen MR) is 110 cm³/mol. The molecule has 1 aliphatic rings. The number of hydrogen-bond acceptors (Lipinski definition) is 6. The molecule has 0 saturated carbocycles. The quantitative estimate of drug-likeness (QED) is 0.698. The molecule has 8 nitrogen and oxygen atoms in total. The summed E-state index contributed by atoms with van der Waals surface area (Å²) in [5.74, 6) is -0.803. The lowest BCUT2D eigenvalue weighted by Gasteiger charge is -2.26. The number of carbonyl (C=O) groups excluding carboxylic acids is 2. The van der Waals surface area contributed by atoms with Gasteiger partial charge in [0.05, 0.1) is 30.8 Å². The van der Waals surface area contributed by atoms with E-state index in [1.807, 2.05) is 0 Å². The number of rotatable bonds is 6. The van der Waals surface area contributed by atoms with Crippen molar-refractivity contribution in [3.63, 3.8) is 0 Å². The van der Waals surface area contributed by atoms with Crippen LogP contribution in [0.5, 0.6) is 0 Å². The first kappa shape index (κ1) is 21.9. The third kappa shape index (κ3) is 4.86. The number of aryl methyl sites for hydroxylation is 1. The van der Waals surface area contributed by atoms with Crippen molar-refractivity contribution in [2.75, 3.05) is 33.4 Å². The second kappa shape index (κ2) is 9.38. The number of benzene rings is 2. The summed E-state index contributed by atoms with van der Waals surface area (Å²) in [6.07, 6.45) is 0. The van der Waals surface area contributed by atoms with Gasteiger partial charge in [0, 0.05) is 25.2 Å². The van der Waals surface area contributed by atoms with E-state index in [0.29, 0.717) is 43.0 Å². The normalized spacial score (nSPS) is 14.9. The van der Waals surface area contributed by atoms with Crippen molar-refractivity contribution in [3.05, 3.63) is 64.7 Å². The summed E-state index contributed by atoms with van der Waals surface area (Å²) in [6.45, 7) is 3.28. The molecule has 30 heavy (non-hydrogen) atoms. The molecule has 0 spiro atoms. The van der Waals surface area contributed by atoms with Gasteiger partial charge in [0.2, 0.25) is 10.0 Å². The van der Waals surface area contributed by atoms with Gasteiger partial charge in [0.1, 0.15) is 0 Å². The maximum Gasteiger partial charge on any atom is 0.337 e. The Labute approximate surface area is 175 Å². The Bertz CT molecular complexity index is 1030. The highest BCUT2D eigenvalue weighted by molar-refractivity contribution is 7.89. The zero-order chi connectivity index (χ0) is 21.7. The van der Waals surface area contributed by atoms with Crippen LogP contribution >= 0.6 is 0 Å². The van der Waals surface area contributed by atoms with Gasteiger partial charge in [0.25, 0.3) is 5.91 Å². The zero-order valence-corrected chi connectivity index (χ0v) is 17.7. The van der Waals surface area contributed by atoms with Gasteiger partial charge >= 0.3 is 5.97 Å². The third-order valence-corrected chi connectivity index (χ3v) is 6.78. The fourth-order valence-electron chi connectivity index (χ4n) is 3.10. The fraction of sp³-hybridized carbons (Fsp3) is 0.333. The van der Waals surface area contributed by atoms with Crippen LogP contribution in [0.4, 0.5) is 0 Å². The van der Waals surface area contributed by atoms with Crippen LogP contribution in [-0.4, -0.2) is 58.0 Å². The van der Waals surface area contributed by atoms with E-state index in [2.05, 4.69) is 10.1 Å². The van der Waals surface area contributed by atoms with E-state index >= 15 is 0 Å². The number of sulfonamides is 1. The van der Waals surface area contributed by atoms with Crippen molar-refractivity contribution < 1.29 is 27.5 Å². The number of nitrogens with zero attached hydrogens (tertiary/aromatic N) is 1. The van der Waals surface area contributed by atoms with E-state index in [4.69, 9.17) is 4.74 Å². The second-order valence-electron chi connectivity index (χ2n) is 6.86. The highest BCUT2D eigenvalue weighted by atomic mass is 32.2. The summed E-state index contributed by atoms with van der Waals surface area (Å²) in [4.78, 5) is 24.3. The summed E-state index contributed by atoms with van der Waals surface area (Å²) in [5.41, 5.74) is 2.19. The molecule has 2 aromatic rings. The zero-order valence-electron chi connectivity index (χ0n) is 16.9. The number of ether oxygens (including phenoxy) is 2. The van der Waals surface area contributed by atoms with Crippen LogP contribution in [0, 0.1) is 6.92 Å². The second-order valence-corrected chi connectivity index (χ2v) is 8.80. The summed E-state index contributed by atoms with van der Waals surface area (Å²) in [5, 5.41) is 2.79. The average Bonchev–Trinajstić information content (AvgIpc) is 2.78. The van der Waals surface area contributed by atoms with Gasteiger partial charge in [-0.15, -0.1) is 0 Å². The highest BCUT2D eigenvalue weighted by Crippen LogP contribution is 2.21. The number of hydrogen-bond donors (Lipinski definition) is 1.